The first-order valence-corrected chi connectivity index (χ1v) is 4.87. The lowest BCUT2D eigenvalue weighted by Crippen LogP contribution is -2.20. The van der Waals surface area contributed by atoms with Crippen LogP contribution in [0.4, 0.5) is 0 Å². The third-order valence-electron chi connectivity index (χ3n) is 2.12. The van der Waals surface area contributed by atoms with Crippen LogP contribution in [0.25, 0.3) is 10.2 Å². The molecule has 2 aromatic rings. The fourth-order valence-corrected chi connectivity index (χ4v) is 2.24. The highest BCUT2D eigenvalue weighted by atomic mass is 32.1. The van der Waals surface area contributed by atoms with Crippen molar-refractivity contribution in [3.05, 3.63) is 23.2 Å². The first-order valence-electron chi connectivity index (χ1n) is 3.99. The van der Waals surface area contributed by atoms with Crippen LogP contribution >= 0.6 is 11.3 Å². The molecule has 1 amide bonds. The van der Waals surface area contributed by atoms with Gasteiger partial charge in [0.05, 0.1) is 10.2 Å². The highest BCUT2D eigenvalue weighted by Crippen LogP contribution is 2.23. The molecule has 2 aromatic heterocycles. The Morgan fingerprint density at radius 1 is 1.62 bits per heavy atom. The standard InChI is InChI=1S/C9H10N2OS/c1-10-9(12)7-5-8-6(11(7)2)3-4-13-8/h3-5H,1-2H3,(H,10,12). The average molecular weight is 194 g/mol. The van der Waals surface area contributed by atoms with Crippen LogP contribution in [0.3, 0.4) is 0 Å². The molecule has 0 spiro atoms. The minimum Gasteiger partial charge on any atom is -0.354 e. The summed E-state index contributed by atoms with van der Waals surface area (Å²) in [6, 6.07) is 3.94. The number of hydrogen-bond acceptors (Lipinski definition) is 2. The molecule has 68 valence electrons. The molecule has 0 fully saturated rings. The normalized spacial score (nSPS) is 10.6. The first-order chi connectivity index (χ1) is 6.24. The number of carbonyl (C=O) groups is 1. The maximum atomic E-state index is 11.4. The molecule has 0 saturated heterocycles. The Kier molecular flexibility index (Phi) is 1.84. The molecule has 4 heteroatoms. The Morgan fingerprint density at radius 2 is 2.38 bits per heavy atom. The second-order valence-corrected chi connectivity index (χ2v) is 3.79. The smallest absolute Gasteiger partial charge is 0.267 e. The van der Waals surface area contributed by atoms with Crippen molar-refractivity contribution in [3.63, 3.8) is 0 Å². The quantitative estimate of drug-likeness (QED) is 0.735. The highest BCUT2D eigenvalue weighted by molar-refractivity contribution is 7.17. The van der Waals surface area contributed by atoms with Gasteiger partial charge >= 0.3 is 0 Å². The Morgan fingerprint density at radius 3 is 3.00 bits per heavy atom. The van der Waals surface area contributed by atoms with Crippen molar-refractivity contribution in [2.45, 2.75) is 0 Å². The molecule has 0 aromatic carbocycles. The van der Waals surface area contributed by atoms with E-state index in [4.69, 9.17) is 0 Å². The molecule has 0 radical (unpaired) electrons. The average Bonchev–Trinajstić information content (AvgIpc) is 2.68. The Balaban J connectivity index is 2.64. The van der Waals surface area contributed by atoms with Gasteiger partial charge in [0.15, 0.2) is 0 Å². The second kappa shape index (κ2) is 2.88. The predicted molar refractivity (Wildman–Crippen MR) is 54.2 cm³/mol. The van der Waals surface area contributed by atoms with Crippen molar-refractivity contribution in [2.24, 2.45) is 7.05 Å². The number of amides is 1. The van der Waals surface area contributed by atoms with Gasteiger partial charge in [0.2, 0.25) is 0 Å². The molecule has 2 rings (SSSR count). The molecule has 0 unspecified atom stereocenters. The SMILES string of the molecule is CNC(=O)c1cc2sccc2n1C. The summed E-state index contributed by atoms with van der Waals surface area (Å²) in [4.78, 5) is 11.4. The molecule has 0 saturated carbocycles. The van der Waals surface area contributed by atoms with E-state index in [2.05, 4.69) is 5.32 Å². The van der Waals surface area contributed by atoms with Gasteiger partial charge in [0, 0.05) is 14.1 Å². The maximum Gasteiger partial charge on any atom is 0.267 e. The number of hydrogen-bond donors (Lipinski definition) is 1. The van der Waals surface area contributed by atoms with Gasteiger partial charge in [0.25, 0.3) is 5.91 Å². The summed E-state index contributed by atoms with van der Waals surface area (Å²) >= 11 is 1.65. The Labute approximate surface area is 80.0 Å². The van der Waals surface area contributed by atoms with Gasteiger partial charge in [-0.05, 0) is 17.5 Å². The summed E-state index contributed by atoms with van der Waals surface area (Å²) in [7, 11) is 3.54. The van der Waals surface area contributed by atoms with Crippen molar-refractivity contribution in [1.82, 2.24) is 9.88 Å². The van der Waals surface area contributed by atoms with Crippen molar-refractivity contribution < 1.29 is 4.79 Å². The van der Waals surface area contributed by atoms with E-state index in [-0.39, 0.29) is 5.91 Å². The topological polar surface area (TPSA) is 34.0 Å². The summed E-state index contributed by atoms with van der Waals surface area (Å²) in [5.74, 6) is -0.0362. The van der Waals surface area contributed by atoms with Gasteiger partial charge < -0.3 is 9.88 Å². The summed E-state index contributed by atoms with van der Waals surface area (Å²) < 4.78 is 3.06. The molecular formula is C9H10N2OS. The van der Waals surface area contributed by atoms with Crippen LogP contribution in [0.5, 0.6) is 0 Å². The lowest BCUT2D eigenvalue weighted by molar-refractivity contribution is 0.0955. The Hall–Kier alpha value is -1.29. The van der Waals surface area contributed by atoms with Gasteiger partial charge in [-0.1, -0.05) is 0 Å². The van der Waals surface area contributed by atoms with Crippen LogP contribution in [0, 0.1) is 0 Å². The molecular weight excluding hydrogens is 184 g/mol. The van der Waals surface area contributed by atoms with Crippen LogP contribution in [0.15, 0.2) is 17.5 Å². The van der Waals surface area contributed by atoms with Crippen LogP contribution in [0.1, 0.15) is 10.5 Å². The third-order valence-corrected chi connectivity index (χ3v) is 2.98. The van der Waals surface area contributed by atoms with Gasteiger partial charge in [-0.25, -0.2) is 0 Å². The van der Waals surface area contributed by atoms with Crippen LogP contribution in [-0.2, 0) is 7.05 Å². The summed E-state index contributed by atoms with van der Waals surface area (Å²) in [5, 5.41) is 4.64. The largest absolute Gasteiger partial charge is 0.354 e. The zero-order valence-electron chi connectivity index (χ0n) is 7.50. The molecule has 0 bridgehead atoms. The zero-order valence-corrected chi connectivity index (χ0v) is 8.31. The second-order valence-electron chi connectivity index (χ2n) is 2.84. The molecule has 0 aliphatic rings. The molecule has 0 aliphatic heterocycles. The maximum absolute atomic E-state index is 11.4. The van der Waals surface area contributed by atoms with Crippen LogP contribution in [0.2, 0.25) is 0 Å². The van der Waals surface area contributed by atoms with Gasteiger partial charge in [0.1, 0.15) is 5.69 Å². The fourth-order valence-electron chi connectivity index (χ4n) is 1.40. The van der Waals surface area contributed by atoms with E-state index < -0.39 is 0 Å². The summed E-state index contributed by atoms with van der Waals surface area (Å²) in [5.41, 5.74) is 1.83. The summed E-state index contributed by atoms with van der Waals surface area (Å²) in [6.07, 6.45) is 0. The number of nitrogens with zero attached hydrogens (tertiary/aromatic N) is 1. The van der Waals surface area contributed by atoms with E-state index >= 15 is 0 Å². The van der Waals surface area contributed by atoms with E-state index in [1.54, 1.807) is 18.4 Å². The fraction of sp³-hybridized carbons (Fsp3) is 0.222. The number of carbonyl (C=O) groups excluding carboxylic acids is 1. The third kappa shape index (κ3) is 1.14. The number of thiophene rings is 1. The highest BCUT2D eigenvalue weighted by Gasteiger charge is 2.11. The zero-order chi connectivity index (χ0) is 9.42. The molecule has 2 heterocycles. The molecule has 3 nitrogen and oxygen atoms in total. The lowest BCUT2D eigenvalue weighted by Gasteiger charge is -2.00. The molecule has 0 aliphatic carbocycles. The van der Waals surface area contributed by atoms with Crippen molar-refractivity contribution in [3.8, 4) is 0 Å². The van der Waals surface area contributed by atoms with E-state index in [0.29, 0.717) is 5.69 Å². The number of aromatic nitrogens is 1. The predicted octanol–water partition coefficient (Wildman–Crippen LogP) is 1.60. The lowest BCUT2D eigenvalue weighted by atomic mass is 10.4. The van der Waals surface area contributed by atoms with Gasteiger partial charge in [-0.15, -0.1) is 11.3 Å². The molecule has 1 N–H and O–H groups in total. The van der Waals surface area contributed by atoms with Gasteiger partial charge in [-0.3, -0.25) is 4.79 Å². The van der Waals surface area contributed by atoms with Crippen molar-refractivity contribution >= 4 is 27.5 Å². The molecule has 0 atom stereocenters. The summed E-state index contributed by atoms with van der Waals surface area (Å²) in [6.45, 7) is 0. The number of aryl methyl sites for hydroxylation is 1. The van der Waals surface area contributed by atoms with E-state index in [1.807, 2.05) is 29.1 Å². The Bertz CT molecular complexity index is 455. The van der Waals surface area contributed by atoms with Crippen molar-refractivity contribution in [1.29, 1.82) is 0 Å². The van der Waals surface area contributed by atoms with E-state index in [9.17, 15) is 4.79 Å². The minimum atomic E-state index is -0.0362. The number of nitrogens with one attached hydrogen (secondary N) is 1. The first kappa shape index (κ1) is 8.31. The van der Waals surface area contributed by atoms with Crippen molar-refractivity contribution in [2.75, 3.05) is 7.05 Å². The van der Waals surface area contributed by atoms with Crippen LogP contribution < -0.4 is 5.32 Å². The number of rotatable bonds is 1. The number of fused-ring (bicyclic) bond motifs is 1. The monoisotopic (exact) mass is 194 g/mol. The van der Waals surface area contributed by atoms with Gasteiger partial charge in [-0.2, -0.15) is 0 Å². The minimum absolute atomic E-state index is 0.0362. The van der Waals surface area contributed by atoms with E-state index in [1.165, 1.54) is 0 Å². The van der Waals surface area contributed by atoms with E-state index in [0.717, 1.165) is 10.2 Å². The van der Waals surface area contributed by atoms with Crippen LogP contribution in [-0.4, -0.2) is 17.5 Å². The molecule has 13 heavy (non-hydrogen) atoms.